The van der Waals surface area contributed by atoms with Gasteiger partial charge in [0.05, 0.1) is 0 Å². The van der Waals surface area contributed by atoms with E-state index in [0.29, 0.717) is 12.2 Å². The van der Waals surface area contributed by atoms with Gasteiger partial charge in [0.15, 0.2) is 5.60 Å². The molecule has 0 aromatic rings. The van der Waals surface area contributed by atoms with Gasteiger partial charge in [-0.2, -0.15) is 11.8 Å². The minimum Gasteiger partial charge on any atom is -0.479 e. The molecule has 0 aromatic heterocycles. The van der Waals surface area contributed by atoms with Crippen LogP contribution in [0.25, 0.3) is 0 Å². The number of carbonyl (C=O) groups is 1. The number of hydrogen-bond donors (Lipinski definition) is 2. The summed E-state index contributed by atoms with van der Waals surface area (Å²) in [6, 6.07) is 0. The van der Waals surface area contributed by atoms with Gasteiger partial charge in [-0.1, -0.05) is 6.92 Å². The molecule has 0 amide bonds. The van der Waals surface area contributed by atoms with Crippen LogP contribution in [0, 0.1) is 0 Å². The van der Waals surface area contributed by atoms with Crippen LogP contribution >= 0.6 is 11.8 Å². The number of aliphatic hydroxyl groups is 1. The fourth-order valence-corrected chi connectivity index (χ4v) is 1.35. The second kappa shape index (κ2) is 4.62. The van der Waals surface area contributed by atoms with Crippen LogP contribution in [0.2, 0.25) is 0 Å². The van der Waals surface area contributed by atoms with Crippen molar-refractivity contribution in [2.45, 2.75) is 25.9 Å². The lowest BCUT2D eigenvalue weighted by molar-refractivity contribution is -0.156. The van der Waals surface area contributed by atoms with E-state index >= 15 is 0 Å². The van der Waals surface area contributed by atoms with E-state index in [1.54, 1.807) is 11.8 Å². The standard InChI is InChI=1S/C7H14O3S/c1-3-11-5-4-7(2,10)6(8)9/h10H,3-5H2,1-2H3,(H,8,9). The Morgan fingerprint density at radius 3 is 2.55 bits per heavy atom. The van der Waals surface area contributed by atoms with Crippen LogP contribution in [0.4, 0.5) is 0 Å². The highest BCUT2D eigenvalue weighted by atomic mass is 32.2. The van der Waals surface area contributed by atoms with Crippen molar-refractivity contribution in [2.24, 2.45) is 0 Å². The minimum absolute atomic E-state index is 0.306. The molecule has 1 atom stereocenters. The Morgan fingerprint density at radius 2 is 2.18 bits per heavy atom. The molecule has 0 saturated carbocycles. The van der Waals surface area contributed by atoms with Crippen molar-refractivity contribution < 1.29 is 15.0 Å². The van der Waals surface area contributed by atoms with Crippen LogP contribution in [0.1, 0.15) is 20.3 Å². The summed E-state index contributed by atoms with van der Waals surface area (Å²) in [5.41, 5.74) is -1.55. The summed E-state index contributed by atoms with van der Waals surface area (Å²) in [6.45, 7) is 3.33. The maximum Gasteiger partial charge on any atom is 0.335 e. The zero-order valence-corrected chi connectivity index (χ0v) is 7.65. The summed E-state index contributed by atoms with van der Waals surface area (Å²) in [4.78, 5) is 10.4. The van der Waals surface area contributed by atoms with E-state index in [1.807, 2.05) is 6.92 Å². The highest BCUT2D eigenvalue weighted by molar-refractivity contribution is 7.99. The molecule has 0 aromatic carbocycles. The van der Waals surface area contributed by atoms with Crippen LogP contribution < -0.4 is 0 Å². The Balaban J connectivity index is 3.64. The minimum atomic E-state index is -1.55. The van der Waals surface area contributed by atoms with Gasteiger partial charge in [-0.3, -0.25) is 0 Å². The van der Waals surface area contributed by atoms with Gasteiger partial charge in [-0.05, 0) is 24.9 Å². The Hall–Kier alpha value is -0.220. The summed E-state index contributed by atoms with van der Waals surface area (Å²) >= 11 is 1.63. The second-order valence-corrected chi connectivity index (χ2v) is 3.92. The molecule has 0 bridgehead atoms. The molecule has 0 aliphatic heterocycles. The molecule has 1 unspecified atom stereocenters. The van der Waals surface area contributed by atoms with Crippen LogP contribution in [0.15, 0.2) is 0 Å². The van der Waals surface area contributed by atoms with Crippen LogP contribution in [0.5, 0.6) is 0 Å². The van der Waals surface area contributed by atoms with Crippen LogP contribution in [-0.2, 0) is 4.79 Å². The molecule has 0 fully saturated rings. The third-order valence-corrected chi connectivity index (χ3v) is 2.30. The lowest BCUT2D eigenvalue weighted by atomic mass is 10.1. The average Bonchev–Trinajstić information content (AvgIpc) is 1.88. The molecule has 0 saturated heterocycles. The zero-order chi connectivity index (χ0) is 8.91. The van der Waals surface area contributed by atoms with Gasteiger partial charge in [0, 0.05) is 0 Å². The Morgan fingerprint density at radius 1 is 1.64 bits per heavy atom. The topological polar surface area (TPSA) is 57.5 Å². The Kier molecular flexibility index (Phi) is 4.52. The Bertz CT molecular complexity index is 134. The number of carboxylic acids is 1. The molecular formula is C7H14O3S. The predicted molar refractivity (Wildman–Crippen MR) is 45.9 cm³/mol. The zero-order valence-electron chi connectivity index (χ0n) is 6.83. The molecule has 0 radical (unpaired) electrons. The van der Waals surface area contributed by atoms with Crippen molar-refractivity contribution in [3.8, 4) is 0 Å². The summed E-state index contributed by atoms with van der Waals surface area (Å²) in [5.74, 6) is 0.500. The van der Waals surface area contributed by atoms with Gasteiger partial charge >= 0.3 is 5.97 Å². The largest absolute Gasteiger partial charge is 0.479 e. The molecule has 0 aliphatic carbocycles. The van der Waals surface area contributed by atoms with Crippen molar-refractivity contribution in [3.63, 3.8) is 0 Å². The first-order valence-electron chi connectivity index (χ1n) is 3.54. The van der Waals surface area contributed by atoms with Crippen molar-refractivity contribution in [2.75, 3.05) is 11.5 Å². The van der Waals surface area contributed by atoms with E-state index in [1.165, 1.54) is 6.92 Å². The van der Waals surface area contributed by atoms with E-state index in [4.69, 9.17) is 5.11 Å². The quantitative estimate of drug-likeness (QED) is 0.616. The van der Waals surface area contributed by atoms with E-state index < -0.39 is 11.6 Å². The highest BCUT2D eigenvalue weighted by Gasteiger charge is 2.28. The van der Waals surface area contributed by atoms with Gasteiger partial charge in [0.25, 0.3) is 0 Å². The first-order chi connectivity index (χ1) is 5.00. The van der Waals surface area contributed by atoms with E-state index in [2.05, 4.69) is 0 Å². The second-order valence-electron chi connectivity index (χ2n) is 2.53. The van der Waals surface area contributed by atoms with Crippen molar-refractivity contribution >= 4 is 17.7 Å². The summed E-state index contributed by atoms with van der Waals surface area (Å²) in [6.07, 6.45) is 0.306. The maximum absolute atomic E-state index is 10.4. The third-order valence-electron chi connectivity index (χ3n) is 1.40. The molecule has 66 valence electrons. The van der Waals surface area contributed by atoms with Gasteiger partial charge < -0.3 is 10.2 Å². The normalized spacial score (nSPS) is 15.9. The fourth-order valence-electron chi connectivity index (χ4n) is 0.522. The predicted octanol–water partition coefficient (Wildman–Crippen LogP) is 0.965. The third kappa shape index (κ3) is 4.27. The van der Waals surface area contributed by atoms with Gasteiger partial charge in [0.1, 0.15) is 0 Å². The summed E-state index contributed by atoms with van der Waals surface area (Å²) < 4.78 is 0. The lowest BCUT2D eigenvalue weighted by Gasteiger charge is -2.16. The number of aliphatic carboxylic acids is 1. The highest BCUT2D eigenvalue weighted by Crippen LogP contribution is 2.13. The molecule has 0 heterocycles. The number of thioether (sulfide) groups is 1. The van der Waals surface area contributed by atoms with Gasteiger partial charge in [-0.25, -0.2) is 4.79 Å². The number of carboxylic acid groups (broad SMARTS) is 1. The molecule has 0 aliphatic rings. The molecule has 3 nitrogen and oxygen atoms in total. The SMILES string of the molecule is CCSCCC(C)(O)C(=O)O. The molecule has 0 spiro atoms. The monoisotopic (exact) mass is 178 g/mol. The summed E-state index contributed by atoms with van der Waals surface area (Å²) in [5, 5.41) is 17.7. The molecule has 2 N–H and O–H groups in total. The average molecular weight is 178 g/mol. The van der Waals surface area contributed by atoms with Crippen molar-refractivity contribution in [1.29, 1.82) is 0 Å². The van der Waals surface area contributed by atoms with Crippen molar-refractivity contribution in [1.82, 2.24) is 0 Å². The van der Waals surface area contributed by atoms with Crippen molar-refractivity contribution in [3.05, 3.63) is 0 Å². The molecule has 4 heteroatoms. The van der Waals surface area contributed by atoms with E-state index in [0.717, 1.165) is 5.75 Å². The molecular weight excluding hydrogens is 164 g/mol. The fraction of sp³-hybridized carbons (Fsp3) is 0.857. The summed E-state index contributed by atoms with van der Waals surface area (Å²) in [7, 11) is 0. The number of rotatable bonds is 5. The molecule has 0 rings (SSSR count). The Labute approximate surface area is 70.8 Å². The van der Waals surface area contributed by atoms with Gasteiger partial charge in [0.2, 0.25) is 0 Å². The lowest BCUT2D eigenvalue weighted by Crippen LogP contribution is -2.35. The smallest absolute Gasteiger partial charge is 0.335 e. The van der Waals surface area contributed by atoms with Gasteiger partial charge in [-0.15, -0.1) is 0 Å². The maximum atomic E-state index is 10.4. The first kappa shape index (κ1) is 10.8. The van der Waals surface area contributed by atoms with E-state index in [9.17, 15) is 9.90 Å². The van der Waals surface area contributed by atoms with Crippen LogP contribution in [-0.4, -0.2) is 33.3 Å². The van der Waals surface area contributed by atoms with E-state index in [-0.39, 0.29) is 0 Å². The first-order valence-corrected chi connectivity index (χ1v) is 4.69. The molecule has 11 heavy (non-hydrogen) atoms. The van der Waals surface area contributed by atoms with Crippen LogP contribution in [0.3, 0.4) is 0 Å². The number of hydrogen-bond acceptors (Lipinski definition) is 3.